The number of amides is 3. The molecule has 0 N–H and O–H groups in total. The third-order valence-corrected chi connectivity index (χ3v) is 3.12. The van der Waals surface area contributed by atoms with Gasteiger partial charge in [0.1, 0.15) is 6.04 Å². The molecule has 1 atom stereocenters. The van der Waals surface area contributed by atoms with E-state index in [9.17, 15) is 9.59 Å². The molecule has 0 aromatic rings. The fraction of sp³-hybridized carbons (Fsp3) is 0.778. The predicted molar refractivity (Wildman–Crippen MR) is 47.1 cm³/mol. The molecule has 2 rings (SSSR count). The molecule has 2 aliphatic rings. The first-order valence-corrected chi connectivity index (χ1v) is 4.73. The first-order valence-electron chi connectivity index (χ1n) is 4.73. The van der Waals surface area contributed by atoms with Crippen LogP contribution in [0.2, 0.25) is 0 Å². The van der Waals surface area contributed by atoms with Crippen molar-refractivity contribution in [1.82, 2.24) is 9.80 Å². The highest BCUT2D eigenvalue weighted by Gasteiger charge is 2.45. The van der Waals surface area contributed by atoms with Gasteiger partial charge in [-0.25, -0.2) is 4.79 Å². The third-order valence-electron chi connectivity index (χ3n) is 3.12. The number of hydrogen-bond acceptors (Lipinski definition) is 2. The Bertz CT molecular complexity index is 240. The van der Waals surface area contributed by atoms with E-state index in [4.69, 9.17) is 0 Å². The van der Waals surface area contributed by atoms with Gasteiger partial charge in [-0.1, -0.05) is 0 Å². The maximum Gasteiger partial charge on any atom is 0.327 e. The summed E-state index contributed by atoms with van der Waals surface area (Å²) in [5.74, 6) is -0.0304. The van der Waals surface area contributed by atoms with Crippen molar-refractivity contribution in [3.8, 4) is 0 Å². The molecule has 4 heteroatoms. The van der Waals surface area contributed by atoms with E-state index in [2.05, 4.69) is 0 Å². The van der Waals surface area contributed by atoms with E-state index in [1.807, 2.05) is 0 Å². The van der Waals surface area contributed by atoms with Crippen molar-refractivity contribution in [1.29, 1.82) is 0 Å². The summed E-state index contributed by atoms with van der Waals surface area (Å²) in [5.41, 5.74) is 0. The molecule has 1 aliphatic heterocycles. The zero-order valence-corrected chi connectivity index (χ0v) is 7.99. The average molecular weight is 182 g/mol. The lowest BCUT2D eigenvalue weighted by Crippen LogP contribution is -2.44. The number of nitrogens with zero attached hydrogens (tertiary/aromatic N) is 2. The smallest absolute Gasteiger partial charge is 0.316 e. The fourth-order valence-electron chi connectivity index (χ4n) is 1.78. The van der Waals surface area contributed by atoms with Gasteiger partial charge in [-0.2, -0.15) is 0 Å². The summed E-state index contributed by atoms with van der Waals surface area (Å²) >= 11 is 0. The summed E-state index contributed by atoms with van der Waals surface area (Å²) in [5, 5.41) is 0. The molecule has 0 bridgehead atoms. The molecule has 2 fully saturated rings. The third kappa shape index (κ3) is 1.04. The highest BCUT2D eigenvalue weighted by molar-refractivity contribution is 6.04. The lowest BCUT2D eigenvalue weighted by molar-refractivity contribution is -0.130. The van der Waals surface area contributed by atoms with Gasteiger partial charge in [0.05, 0.1) is 0 Å². The Morgan fingerprint density at radius 2 is 1.92 bits per heavy atom. The molecule has 0 spiro atoms. The van der Waals surface area contributed by atoms with Gasteiger partial charge in [0.25, 0.3) is 5.91 Å². The van der Waals surface area contributed by atoms with Gasteiger partial charge in [-0.15, -0.1) is 0 Å². The van der Waals surface area contributed by atoms with Crippen LogP contribution in [0.1, 0.15) is 26.2 Å². The van der Waals surface area contributed by atoms with E-state index in [1.165, 1.54) is 9.80 Å². The minimum atomic E-state index is -0.270. The van der Waals surface area contributed by atoms with Gasteiger partial charge in [0.15, 0.2) is 0 Å². The summed E-state index contributed by atoms with van der Waals surface area (Å²) < 4.78 is 0. The number of imide groups is 1. The molecule has 13 heavy (non-hydrogen) atoms. The zero-order valence-electron chi connectivity index (χ0n) is 7.99. The standard InChI is InChI=1S/C9H14N2O2/c1-6-8(12)11(7-4-3-5-7)9(13)10(6)2/h6-7H,3-5H2,1-2H3. The molecule has 1 aliphatic carbocycles. The quantitative estimate of drug-likeness (QED) is 0.563. The molecule has 0 radical (unpaired) electrons. The van der Waals surface area contributed by atoms with Crippen molar-refractivity contribution in [2.45, 2.75) is 38.3 Å². The second kappa shape index (κ2) is 2.72. The van der Waals surface area contributed by atoms with E-state index in [-0.39, 0.29) is 24.0 Å². The molecule has 3 amide bonds. The number of carbonyl (C=O) groups excluding carboxylic acids is 2. The molecule has 1 saturated heterocycles. The Morgan fingerprint density at radius 3 is 2.23 bits per heavy atom. The number of likely N-dealkylation sites (N-methyl/N-ethyl adjacent to an activating group) is 1. The van der Waals surface area contributed by atoms with Crippen LogP contribution in [0.15, 0.2) is 0 Å². The maximum atomic E-state index is 11.6. The van der Waals surface area contributed by atoms with Crippen LogP contribution in [0, 0.1) is 0 Å². The van der Waals surface area contributed by atoms with Crippen LogP contribution in [0.3, 0.4) is 0 Å². The topological polar surface area (TPSA) is 40.6 Å². The number of urea groups is 1. The van der Waals surface area contributed by atoms with Crippen molar-refractivity contribution in [3.63, 3.8) is 0 Å². The Kier molecular flexibility index (Phi) is 1.78. The fourth-order valence-corrected chi connectivity index (χ4v) is 1.78. The molecule has 0 aromatic heterocycles. The van der Waals surface area contributed by atoms with Crippen LogP contribution < -0.4 is 0 Å². The number of carbonyl (C=O) groups is 2. The van der Waals surface area contributed by atoms with E-state index >= 15 is 0 Å². The van der Waals surface area contributed by atoms with E-state index in [0.29, 0.717) is 0 Å². The van der Waals surface area contributed by atoms with Gasteiger partial charge in [-0.05, 0) is 26.2 Å². The van der Waals surface area contributed by atoms with Gasteiger partial charge in [0.2, 0.25) is 0 Å². The highest BCUT2D eigenvalue weighted by Crippen LogP contribution is 2.29. The summed E-state index contributed by atoms with van der Waals surface area (Å²) in [4.78, 5) is 26.2. The second-order valence-electron chi connectivity index (χ2n) is 3.86. The van der Waals surface area contributed by atoms with Crippen molar-refractivity contribution in [2.24, 2.45) is 0 Å². The van der Waals surface area contributed by atoms with Crippen LogP contribution in [-0.4, -0.2) is 40.9 Å². The monoisotopic (exact) mass is 182 g/mol. The molecule has 0 aromatic carbocycles. The summed E-state index contributed by atoms with van der Waals surface area (Å²) in [7, 11) is 1.68. The Balaban J connectivity index is 2.18. The Morgan fingerprint density at radius 1 is 1.31 bits per heavy atom. The van der Waals surface area contributed by atoms with E-state index < -0.39 is 0 Å². The summed E-state index contributed by atoms with van der Waals surface area (Å²) in [6.45, 7) is 1.78. The summed E-state index contributed by atoms with van der Waals surface area (Å²) in [6.07, 6.45) is 3.11. The minimum absolute atomic E-state index is 0.0304. The largest absolute Gasteiger partial charge is 0.327 e. The molecule has 1 unspecified atom stereocenters. The Hall–Kier alpha value is -1.06. The highest BCUT2D eigenvalue weighted by atomic mass is 16.2. The number of hydrogen-bond donors (Lipinski definition) is 0. The van der Waals surface area contributed by atoms with Crippen LogP contribution >= 0.6 is 0 Å². The van der Waals surface area contributed by atoms with E-state index in [1.54, 1.807) is 14.0 Å². The minimum Gasteiger partial charge on any atom is -0.316 e. The van der Waals surface area contributed by atoms with Gasteiger partial charge >= 0.3 is 6.03 Å². The molecule has 4 nitrogen and oxygen atoms in total. The van der Waals surface area contributed by atoms with Gasteiger partial charge in [-0.3, -0.25) is 9.69 Å². The van der Waals surface area contributed by atoms with Crippen LogP contribution in [0.5, 0.6) is 0 Å². The SMILES string of the molecule is CC1C(=O)N(C2CCC2)C(=O)N1C. The van der Waals surface area contributed by atoms with E-state index in [0.717, 1.165) is 19.3 Å². The molecule has 72 valence electrons. The van der Waals surface area contributed by atoms with Crippen LogP contribution in [-0.2, 0) is 4.79 Å². The van der Waals surface area contributed by atoms with Crippen LogP contribution in [0.25, 0.3) is 0 Å². The first-order chi connectivity index (χ1) is 6.13. The molecular weight excluding hydrogens is 168 g/mol. The molecule has 1 saturated carbocycles. The second-order valence-corrected chi connectivity index (χ2v) is 3.86. The van der Waals surface area contributed by atoms with Crippen LogP contribution in [0.4, 0.5) is 4.79 Å². The average Bonchev–Trinajstić information content (AvgIpc) is 2.19. The van der Waals surface area contributed by atoms with Crippen molar-refractivity contribution in [3.05, 3.63) is 0 Å². The number of rotatable bonds is 1. The lowest BCUT2D eigenvalue weighted by atomic mass is 9.92. The zero-order chi connectivity index (χ0) is 9.59. The van der Waals surface area contributed by atoms with Gasteiger partial charge in [0, 0.05) is 13.1 Å². The lowest BCUT2D eigenvalue weighted by Gasteiger charge is -2.32. The van der Waals surface area contributed by atoms with Crippen molar-refractivity contribution < 1.29 is 9.59 Å². The summed E-state index contributed by atoms with van der Waals surface area (Å²) in [6, 6.07) is -0.206. The van der Waals surface area contributed by atoms with Gasteiger partial charge < -0.3 is 4.90 Å². The predicted octanol–water partition coefficient (Wildman–Crippen LogP) is 0.821. The van der Waals surface area contributed by atoms with Crippen molar-refractivity contribution in [2.75, 3.05) is 7.05 Å². The molecule has 1 heterocycles. The normalized spacial score (nSPS) is 29.8. The first kappa shape index (κ1) is 8.53. The maximum absolute atomic E-state index is 11.6. The van der Waals surface area contributed by atoms with Crippen molar-refractivity contribution >= 4 is 11.9 Å². The Labute approximate surface area is 77.5 Å². The molecular formula is C9H14N2O2.